The van der Waals surface area contributed by atoms with Gasteiger partial charge in [-0.15, -0.1) is 11.3 Å². The van der Waals surface area contributed by atoms with Gasteiger partial charge in [0.15, 0.2) is 5.82 Å². The highest BCUT2D eigenvalue weighted by atomic mass is 32.2. The zero-order valence-electron chi connectivity index (χ0n) is 19.7. The van der Waals surface area contributed by atoms with Crippen LogP contribution >= 0.6 is 23.1 Å². The van der Waals surface area contributed by atoms with Gasteiger partial charge in [-0.3, -0.25) is 4.79 Å². The first-order valence-corrected chi connectivity index (χ1v) is 13.6. The number of esters is 1. The summed E-state index contributed by atoms with van der Waals surface area (Å²) in [5, 5.41) is 4.53. The predicted octanol–water partition coefficient (Wildman–Crippen LogP) is 6.28. The van der Waals surface area contributed by atoms with Crippen LogP contribution in [-0.4, -0.2) is 34.2 Å². The highest BCUT2D eigenvalue weighted by Gasteiger charge is 2.27. The number of halogens is 1. The summed E-state index contributed by atoms with van der Waals surface area (Å²) in [5.41, 5.74) is 2.91. The fourth-order valence-electron chi connectivity index (χ4n) is 4.27. The number of rotatable bonds is 7. The van der Waals surface area contributed by atoms with Gasteiger partial charge in [-0.05, 0) is 56.4 Å². The number of fused-ring (bicyclic) bond motifs is 2. The fraction of sp³-hybridized carbons (Fsp3) is 0.259. The standard InChI is InChI=1S/C27H24FN3O3S2/c1-2-34-27(33)23-18-10-6-7-11-21(18)36-26(23)30-22(32)15-35-25-19-14-17(28)12-13-20(19)29-24(31-25)16-8-4-3-5-9-16/h3-5,8-9,12-14H,2,6-7,10-11,15H2,1H3,(H,30,32). The summed E-state index contributed by atoms with van der Waals surface area (Å²) in [6.45, 7) is 2.04. The number of carbonyl (C=O) groups is 2. The minimum Gasteiger partial charge on any atom is -0.462 e. The number of hydrogen-bond donors (Lipinski definition) is 1. The maximum Gasteiger partial charge on any atom is 0.341 e. The number of benzene rings is 2. The van der Waals surface area contributed by atoms with E-state index in [2.05, 4.69) is 15.3 Å². The third-order valence-electron chi connectivity index (χ3n) is 5.90. The summed E-state index contributed by atoms with van der Waals surface area (Å²) < 4.78 is 19.3. The van der Waals surface area contributed by atoms with Crippen molar-refractivity contribution in [2.24, 2.45) is 0 Å². The first-order valence-electron chi connectivity index (χ1n) is 11.8. The second-order valence-electron chi connectivity index (χ2n) is 8.35. The molecule has 0 fully saturated rings. The number of nitrogens with one attached hydrogen (secondary N) is 1. The van der Waals surface area contributed by atoms with Crippen molar-refractivity contribution in [3.63, 3.8) is 0 Å². The number of amides is 1. The molecule has 4 aromatic rings. The lowest BCUT2D eigenvalue weighted by atomic mass is 9.95. The predicted molar refractivity (Wildman–Crippen MR) is 141 cm³/mol. The highest BCUT2D eigenvalue weighted by Crippen LogP contribution is 2.39. The highest BCUT2D eigenvalue weighted by molar-refractivity contribution is 8.00. The molecule has 2 heterocycles. The first-order chi connectivity index (χ1) is 17.5. The summed E-state index contributed by atoms with van der Waals surface area (Å²) >= 11 is 2.67. The van der Waals surface area contributed by atoms with Crippen LogP contribution in [0.5, 0.6) is 0 Å². The SMILES string of the molecule is CCOC(=O)c1c(NC(=O)CSc2nc(-c3ccccc3)nc3ccc(F)cc23)sc2c1CCCC2. The molecule has 0 unspecified atom stereocenters. The Hall–Kier alpha value is -3.30. The smallest absolute Gasteiger partial charge is 0.341 e. The largest absolute Gasteiger partial charge is 0.462 e. The van der Waals surface area contributed by atoms with Gasteiger partial charge in [0, 0.05) is 15.8 Å². The molecule has 0 radical (unpaired) electrons. The summed E-state index contributed by atoms with van der Waals surface area (Å²) in [6, 6.07) is 13.9. The van der Waals surface area contributed by atoms with Crippen molar-refractivity contribution in [2.75, 3.05) is 17.7 Å². The molecule has 2 aromatic heterocycles. The lowest BCUT2D eigenvalue weighted by molar-refractivity contribution is -0.113. The maximum absolute atomic E-state index is 14.0. The fourth-order valence-corrected chi connectivity index (χ4v) is 6.37. The van der Waals surface area contributed by atoms with Crippen molar-refractivity contribution in [3.05, 3.63) is 70.4 Å². The van der Waals surface area contributed by atoms with E-state index in [0.29, 0.717) is 32.3 Å². The normalized spacial score (nSPS) is 12.8. The van der Waals surface area contributed by atoms with E-state index in [1.165, 1.54) is 35.2 Å². The molecule has 0 atom stereocenters. The van der Waals surface area contributed by atoms with Gasteiger partial charge in [-0.2, -0.15) is 0 Å². The van der Waals surface area contributed by atoms with E-state index >= 15 is 0 Å². The van der Waals surface area contributed by atoms with E-state index in [1.807, 2.05) is 30.3 Å². The average molecular weight is 522 g/mol. The number of hydrogen-bond acceptors (Lipinski definition) is 7. The van der Waals surface area contributed by atoms with Gasteiger partial charge in [0.2, 0.25) is 5.91 Å². The van der Waals surface area contributed by atoms with Crippen molar-refractivity contribution >= 4 is 50.9 Å². The molecule has 9 heteroatoms. The zero-order chi connectivity index (χ0) is 25.1. The molecule has 184 valence electrons. The van der Waals surface area contributed by atoms with Crippen LogP contribution in [0.2, 0.25) is 0 Å². The van der Waals surface area contributed by atoms with Crippen LogP contribution in [0.4, 0.5) is 9.39 Å². The molecule has 0 bridgehead atoms. The Labute approximate surface area is 216 Å². The third kappa shape index (κ3) is 5.12. The molecule has 1 aliphatic carbocycles. The van der Waals surface area contributed by atoms with E-state index in [0.717, 1.165) is 41.7 Å². The molecule has 1 N–H and O–H groups in total. The number of ether oxygens (including phenoxy) is 1. The Kier molecular flexibility index (Phi) is 7.29. The lowest BCUT2D eigenvalue weighted by Gasteiger charge is -2.12. The number of aryl methyl sites for hydroxylation is 1. The molecule has 1 amide bonds. The topological polar surface area (TPSA) is 81.2 Å². The van der Waals surface area contributed by atoms with Crippen molar-refractivity contribution in [2.45, 2.75) is 37.6 Å². The average Bonchev–Trinajstić information content (AvgIpc) is 3.25. The number of carbonyl (C=O) groups excluding carboxylic acids is 2. The number of thioether (sulfide) groups is 1. The van der Waals surface area contributed by atoms with Gasteiger partial charge in [0.25, 0.3) is 0 Å². The van der Waals surface area contributed by atoms with Crippen LogP contribution in [0.15, 0.2) is 53.6 Å². The Balaban J connectivity index is 1.40. The molecule has 0 saturated carbocycles. The van der Waals surface area contributed by atoms with Crippen molar-refractivity contribution in [3.8, 4) is 11.4 Å². The van der Waals surface area contributed by atoms with E-state index in [4.69, 9.17) is 4.74 Å². The molecule has 36 heavy (non-hydrogen) atoms. The molecular weight excluding hydrogens is 497 g/mol. The summed E-state index contributed by atoms with van der Waals surface area (Å²) in [6.07, 6.45) is 3.80. The second kappa shape index (κ2) is 10.8. The van der Waals surface area contributed by atoms with E-state index in [1.54, 1.807) is 13.0 Å². The summed E-state index contributed by atoms with van der Waals surface area (Å²) in [4.78, 5) is 36.1. The minimum absolute atomic E-state index is 0.0433. The molecule has 6 nitrogen and oxygen atoms in total. The van der Waals surface area contributed by atoms with Gasteiger partial charge in [-0.1, -0.05) is 42.1 Å². The van der Waals surface area contributed by atoms with Gasteiger partial charge in [0.1, 0.15) is 15.8 Å². The Morgan fingerprint density at radius 1 is 1.11 bits per heavy atom. The first kappa shape index (κ1) is 24.4. The molecule has 5 rings (SSSR count). The third-order valence-corrected chi connectivity index (χ3v) is 8.10. The van der Waals surface area contributed by atoms with E-state index < -0.39 is 11.8 Å². The number of nitrogens with zero attached hydrogens (tertiary/aromatic N) is 2. The zero-order valence-corrected chi connectivity index (χ0v) is 21.3. The quantitative estimate of drug-likeness (QED) is 0.175. The maximum atomic E-state index is 14.0. The van der Waals surface area contributed by atoms with Gasteiger partial charge in [0.05, 0.1) is 23.4 Å². The van der Waals surface area contributed by atoms with Crippen LogP contribution in [0, 0.1) is 5.82 Å². The van der Waals surface area contributed by atoms with Crippen LogP contribution in [0.1, 0.15) is 40.6 Å². The summed E-state index contributed by atoms with van der Waals surface area (Å²) in [7, 11) is 0. The molecular formula is C27H24FN3O3S2. The van der Waals surface area contributed by atoms with Gasteiger partial charge in [-0.25, -0.2) is 19.2 Å². The summed E-state index contributed by atoms with van der Waals surface area (Å²) in [5.74, 6) is -0.513. The molecule has 2 aromatic carbocycles. The monoisotopic (exact) mass is 521 g/mol. The molecule has 0 spiro atoms. The second-order valence-corrected chi connectivity index (χ2v) is 10.4. The minimum atomic E-state index is -0.398. The number of anilines is 1. The Bertz CT molecular complexity index is 1440. The van der Waals surface area contributed by atoms with E-state index in [-0.39, 0.29) is 18.3 Å². The molecule has 0 saturated heterocycles. The Morgan fingerprint density at radius 2 is 1.92 bits per heavy atom. The van der Waals surface area contributed by atoms with Crippen molar-refractivity contribution < 1.29 is 18.7 Å². The number of aromatic nitrogens is 2. The van der Waals surface area contributed by atoms with Crippen molar-refractivity contribution in [1.29, 1.82) is 0 Å². The molecule has 1 aliphatic rings. The Morgan fingerprint density at radius 3 is 2.72 bits per heavy atom. The lowest BCUT2D eigenvalue weighted by Crippen LogP contribution is -2.17. The van der Waals surface area contributed by atoms with Gasteiger partial charge < -0.3 is 10.1 Å². The van der Waals surface area contributed by atoms with Crippen LogP contribution in [-0.2, 0) is 22.4 Å². The molecule has 0 aliphatic heterocycles. The van der Waals surface area contributed by atoms with Gasteiger partial charge >= 0.3 is 5.97 Å². The van der Waals surface area contributed by atoms with Crippen LogP contribution < -0.4 is 5.32 Å². The van der Waals surface area contributed by atoms with Crippen LogP contribution in [0.25, 0.3) is 22.3 Å². The number of thiophene rings is 1. The van der Waals surface area contributed by atoms with E-state index in [9.17, 15) is 14.0 Å². The van der Waals surface area contributed by atoms with Crippen LogP contribution in [0.3, 0.4) is 0 Å². The van der Waals surface area contributed by atoms with Crippen molar-refractivity contribution in [1.82, 2.24) is 9.97 Å².